The van der Waals surface area contributed by atoms with Gasteiger partial charge in [0.05, 0.1) is 10.3 Å². The zero-order valence-electron chi connectivity index (χ0n) is 14.8. The molecular weight excluding hydrogens is 400 g/mol. The molecule has 10 heteroatoms. The normalized spacial score (nSPS) is 11.8. The van der Waals surface area contributed by atoms with Crippen LogP contribution in [-0.2, 0) is 4.79 Å². The first-order chi connectivity index (χ1) is 13.4. The Kier molecular flexibility index (Phi) is 5.86. The average molecular weight is 417 g/mol. The summed E-state index contributed by atoms with van der Waals surface area (Å²) >= 11 is 7.34. The van der Waals surface area contributed by atoms with E-state index in [1.165, 1.54) is 4.68 Å². The fourth-order valence-electron chi connectivity index (χ4n) is 2.36. The predicted molar refractivity (Wildman–Crippen MR) is 110 cm³/mol. The zero-order chi connectivity index (χ0) is 20.3. The van der Waals surface area contributed by atoms with Gasteiger partial charge in [0.25, 0.3) is 0 Å². The summed E-state index contributed by atoms with van der Waals surface area (Å²) in [6, 6.07) is 13.5. The van der Waals surface area contributed by atoms with E-state index in [2.05, 4.69) is 15.5 Å². The van der Waals surface area contributed by atoms with Crippen molar-refractivity contribution in [3.05, 3.63) is 59.1 Å². The van der Waals surface area contributed by atoms with E-state index in [9.17, 15) is 9.59 Å². The summed E-state index contributed by atoms with van der Waals surface area (Å²) < 4.78 is 1.30. The van der Waals surface area contributed by atoms with Crippen LogP contribution < -0.4 is 16.9 Å². The van der Waals surface area contributed by atoms with Gasteiger partial charge >= 0.3 is 0 Å². The van der Waals surface area contributed by atoms with Crippen LogP contribution in [0.25, 0.3) is 11.4 Å². The molecule has 0 spiro atoms. The molecule has 0 bridgehead atoms. The lowest BCUT2D eigenvalue weighted by atomic mass is 10.2. The van der Waals surface area contributed by atoms with Crippen LogP contribution in [0.5, 0.6) is 0 Å². The summed E-state index contributed by atoms with van der Waals surface area (Å²) in [7, 11) is 0. The van der Waals surface area contributed by atoms with Crippen molar-refractivity contribution >= 4 is 40.9 Å². The van der Waals surface area contributed by atoms with Crippen LogP contribution >= 0.6 is 23.4 Å². The third-order valence-electron chi connectivity index (χ3n) is 3.87. The molecule has 3 rings (SSSR count). The van der Waals surface area contributed by atoms with Crippen LogP contribution in [0, 0.1) is 0 Å². The first-order valence-electron chi connectivity index (χ1n) is 8.19. The lowest BCUT2D eigenvalue weighted by Crippen LogP contribution is -2.23. The monoisotopic (exact) mass is 416 g/mol. The summed E-state index contributed by atoms with van der Waals surface area (Å²) in [6.07, 6.45) is 0. The highest BCUT2D eigenvalue weighted by Gasteiger charge is 2.21. The van der Waals surface area contributed by atoms with Crippen molar-refractivity contribution in [3.8, 4) is 11.4 Å². The molecule has 1 atom stereocenters. The van der Waals surface area contributed by atoms with Gasteiger partial charge in [-0.05, 0) is 43.3 Å². The fraction of sp³-hybridized carbons (Fsp3) is 0.111. The standard InChI is InChI=1S/C18H17ClN6O2S/c1-10(17(27)22-12-8-6-11(7-9-12)15(20)26)28-18-24-23-16(25(18)21)13-4-2-3-5-14(13)19/h2-10H,21H2,1H3,(H2,20,26)(H,22,27)/t10-/m0/s1. The Morgan fingerprint density at radius 2 is 1.82 bits per heavy atom. The van der Waals surface area contributed by atoms with Crippen molar-refractivity contribution in [2.75, 3.05) is 11.2 Å². The maximum absolute atomic E-state index is 12.4. The van der Waals surface area contributed by atoms with Gasteiger partial charge in [0.15, 0.2) is 5.82 Å². The SMILES string of the molecule is C[C@H](Sc1nnc(-c2ccccc2Cl)n1N)C(=O)Nc1ccc(C(N)=O)cc1. The Labute approximate surface area is 170 Å². The molecule has 0 unspecified atom stereocenters. The molecule has 144 valence electrons. The van der Waals surface area contributed by atoms with Crippen molar-refractivity contribution in [2.45, 2.75) is 17.3 Å². The van der Waals surface area contributed by atoms with Crippen molar-refractivity contribution in [2.24, 2.45) is 5.73 Å². The minimum absolute atomic E-state index is 0.251. The van der Waals surface area contributed by atoms with Crippen LogP contribution in [0.4, 0.5) is 5.69 Å². The highest BCUT2D eigenvalue weighted by molar-refractivity contribution is 8.00. The number of nitrogens with two attached hydrogens (primary N) is 2. The third kappa shape index (κ3) is 4.26. The first-order valence-corrected chi connectivity index (χ1v) is 9.45. The number of thioether (sulfide) groups is 1. The number of nitrogens with zero attached hydrogens (tertiary/aromatic N) is 3. The molecule has 3 aromatic rings. The van der Waals surface area contributed by atoms with Gasteiger partial charge in [0.2, 0.25) is 17.0 Å². The van der Waals surface area contributed by atoms with E-state index >= 15 is 0 Å². The zero-order valence-corrected chi connectivity index (χ0v) is 16.4. The Morgan fingerprint density at radius 1 is 1.14 bits per heavy atom. The molecule has 0 radical (unpaired) electrons. The van der Waals surface area contributed by atoms with Crippen molar-refractivity contribution in [1.82, 2.24) is 14.9 Å². The number of amides is 2. The molecule has 28 heavy (non-hydrogen) atoms. The highest BCUT2D eigenvalue weighted by atomic mass is 35.5. The number of nitrogens with one attached hydrogen (secondary N) is 1. The van der Waals surface area contributed by atoms with Crippen LogP contribution in [0.1, 0.15) is 17.3 Å². The van der Waals surface area contributed by atoms with Gasteiger partial charge < -0.3 is 16.9 Å². The second-order valence-electron chi connectivity index (χ2n) is 5.85. The van der Waals surface area contributed by atoms with E-state index in [1.807, 2.05) is 6.07 Å². The molecule has 1 heterocycles. The summed E-state index contributed by atoms with van der Waals surface area (Å²) in [5.41, 5.74) is 6.77. The Morgan fingerprint density at radius 3 is 2.46 bits per heavy atom. The third-order valence-corrected chi connectivity index (χ3v) is 5.25. The van der Waals surface area contributed by atoms with Gasteiger partial charge in [-0.1, -0.05) is 35.5 Å². The van der Waals surface area contributed by atoms with Gasteiger partial charge in [0, 0.05) is 16.8 Å². The number of nitrogen functional groups attached to an aromatic ring is 1. The largest absolute Gasteiger partial charge is 0.366 e. The first kappa shape index (κ1) is 19.7. The molecule has 1 aromatic heterocycles. The molecular formula is C18H17ClN6O2S. The summed E-state index contributed by atoms with van der Waals surface area (Å²) in [5.74, 6) is 5.71. The predicted octanol–water partition coefficient (Wildman–Crippen LogP) is 2.53. The summed E-state index contributed by atoms with van der Waals surface area (Å²) in [4.78, 5) is 23.5. The maximum Gasteiger partial charge on any atom is 0.248 e. The number of aromatic nitrogens is 3. The highest BCUT2D eigenvalue weighted by Crippen LogP contribution is 2.29. The lowest BCUT2D eigenvalue weighted by Gasteiger charge is -2.12. The van der Waals surface area contributed by atoms with Gasteiger partial charge in [-0.3, -0.25) is 9.59 Å². The van der Waals surface area contributed by atoms with E-state index in [0.29, 0.717) is 32.8 Å². The van der Waals surface area contributed by atoms with Crippen LogP contribution in [0.3, 0.4) is 0 Å². The number of hydrogen-bond acceptors (Lipinski definition) is 6. The number of benzene rings is 2. The van der Waals surface area contributed by atoms with E-state index in [1.54, 1.807) is 49.4 Å². The molecule has 0 aliphatic heterocycles. The number of halogens is 1. The second kappa shape index (κ2) is 8.32. The maximum atomic E-state index is 12.4. The molecule has 0 saturated heterocycles. The van der Waals surface area contributed by atoms with Gasteiger partial charge in [0.1, 0.15) is 0 Å². The minimum atomic E-state index is -0.529. The Hall–Kier alpha value is -3.04. The summed E-state index contributed by atoms with van der Waals surface area (Å²) in [6.45, 7) is 1.72. The van der Waals surface area contributed by atoms with Crippen molar-refractivity contribution < 1.29 is 9.59 Å². The topological polar surface area (TPSA) is 129 Å². The van der Waals surface area contributed by atoms with E-state index < -0.39 is 11.2 Å². The Bertz CT molecular complexity index is 1020. The number of rotatable bonds is 6. The molecule has 0 aliphatic rings. The Balaban J connectivity index is 1.69. The van der Waals surface area contributed by atoms with E-state index in [0.717, 1.165) is 11.8 Å². The molecule has 0 fully saturated rings. The van der Waals surface area contributed by atoms with Crippen molar-refractivity contribution in [1.29, 1.82) is 0 Å². The molecule has 2 amide bonds. The lowest BCUT2D eigenvalue weighted by molar-refractivity contribution is -0.115. The molecule has 0 aliphatic carbocycles. The number of primary amides is 1. The van der Waals surface area contributed by atoms with E-state index in [-0.39, 0.29) is 5.91 Å². The van der Waals surface area contributed by atoms with Crippen LogP contribution in [0.2, 0.25) is 5.02 Å². The van der Waals surface area contributed by atoms with Crippen LogP contribution in [0.15, 0.2) is 53.7 Å². The fourth-order valence-corrected chi connectivity index (χ4v) is 3.35. The average Bonchev–Trinajstić information content (AvgIpc) is 3.03. The number of carbonyl (C=O) groups excluding carboxylic acids is 2. The van der Waals surface area contributed by atoms with Crippen LogP contribution in [-0.4, -0.2) is 31.9 Å². The molecule has 0 saturated carbocycles. The van der Waals surface area contributed by atoms with Crippen molar-refractivity contribution in [3.63, 3.8) is 0 Å². The van der Waals surface area contributed by atoms with Gasteiger partial charge in [-0.2, -0.15) is 0 Å². The molecule has 2 aromatic carbocycles. The van der Waals surface area contributed by atoms with Gasteiger partial charge in [-0.15, -0.1) is 10.2 Å². The smallest absolute Gasteiger partial charge is 0.248 e. The number of carbonyl (C=O) groups is 2. The molecule has 5 N–H and O–H groups in total. The summed E-state index contributed by atoms with van der Waals surface area (Å²) in [5, 5.41) is 11.3. The minimum Gasteiger partial charge on any atom is -0.366 e. The number of anilines is 1. The van der Waals surface area contributed by atoms with E-state index in [4.69, 9.17) is 23.2 Å². The van der Waals surface area contributed by atoms with Gasteiger partial charge in [-0.25, -0.2) is 4.68 Å². The second-order valence-corrected chi connectivity index (χ2v) is 7.56. The molecule has 8 nitrogen and oxygen atoms in total. The number of hydrogen-bond donors (Lipinski definition) is 3. The quantitative estimate of drug-likeness (QED) is 0.418.